The number of nitrogens with zero attached hydrogens (tertiary/aromatic N) is 4. The van der Waals surface area contributed by atoms with Crippen LogP contribution in [0.15, 0.2) is 48.7 Å². The first-order valence-electron chi connectivity index (χ1n) is 6.66. The van der Waals surface area contributed by atoms with Crippen LogP contribution in [0, 0.1) is 11.3 Å². The summed E-state index contributed by atoms with van der Waals surface area (Å²) in [7, 11) is 0. The molecular weight excluding hydrogens is 248 g/mol. The zero-order valence-electron chi connectivity index (χ0n) is 10.8. The molecule has 0 bridgehead atoms. The minimum absolute atomic E-state index is 0.431. The molecule has 0 radical (unpaired) electrons. The molecule has 20 heavy (non-hydrogen) atoms. The first-order valence-corrected chi connectivity index (χ1v) is 6.66. The molecule has 2 heterocycles. The summed E-state index contributed by atoms with van der Waals surface area (Å²) in [6.07, 6.45) is 3.01. The number of nitriles is 1. The van der Waals surface area contributed by atoms with Gasteiger partial charge in [-0.2, -0.15) is 5.26 Å². The van der Waals surface area contributed by atoms with Crippen LogP contribution in [0.3, 0.4) is 0 Å². The second-order valence-electron chi connectivity index (χ2n) is 5.17. The standard InChI is InChI=1S/C16H12N4/c17-10-11-6-7-20-15(8-11)18-19-16(20)14-9-13(14)12-4-2-1-3-5-12/h1-8,13-14H,9H2. The first kappa shape index (κ1) is 11.2. The minimum Gasteiger partial charge on any atom is -0.286 e. The van der Waals surface area contributed by atoms with Gasteiger partial charge in [0.15, 0.2) is 5.65 Å². The van der Waals surface area contributed by atoms with E-state index < -0.39 is 0 Å². The maximum atomic E-state index is 8.91. The summed E-state index contributed by atoms with van der Waals surface area (Å²) in [5, 5.41) is 17.4. The third kappa shape index (κ3) is 1.68. The maximum Gasteiger partial charge on any atom is 0.162 e. The Bertz CT molecular complexity index is 813. The molecule has 1 fully saturated rings. The fraction of sp³-hybridized carbons (Fsp3) is 0.188. The third-order valence-corrected chi connectivity index (χ3v) is 3.92. The SMILES string of the molecule is N#Cc1ccn2c(C3CC3c3ccccc3)nnc2c1. The van der Waals surface area contributed by atoms with E-state index in [1.165, 1.54) is 5.56 Å². The van der Waals surface area contributed by atoms with Crippen molar-refractivity contribution < 1.29 is 0 Å². The van der Waals surface area contributed by atoms with Crippen LogP contribution in [-0.4, -0.2) is 14.6 Å². The van der Waals surface area contributed by atoms with Crippen LogP contribution in [0.25, 0.3) is 5.65 Å². The van der Waals surface area contributed by atoms with Gasteiger partial charge in [0.2, 0.25) is 0 Å². The van der Waals surface area contributed by atoms with Crippen molar-refractivity contribution in [2.24, 2.45) is 0 Å². The Labute approximate surface area is 116 Å². The fourth-order valence-electron chi connectivity index (χ4n) is 2.78. The molecule has 0 amide bonds. The van der Waals surface area contributed by atoms with Crippen LogP contribution < -0.4 is 0 Å². The maximum absolute atomic E-state index is 8.91. The fourth-order valence-corrected chi connectivity index (χ4v) is 2.78. The Morgan fingerprint density at radius 2 is 1.95 bits per heavy atom. The molecule has 1 aromatic carbocycles. The van der Waals surface area contributed by atoms with Gasteiger partial charge in [-0.1, -0.05) is 30.3 Å². The summed E-state index contributed by atoms with van der Waals surface area (Å²) in [4.78, 5) is 0. The van der Waals surface area contributed by atoms with Gasteiger partial charge in [-0.3, -0.25) is 4.40 Å². The molecule has 96 valence electrons. The van der Waals surface area contributed by atoms with Crippen LogP contribution in [0.4, 0.5) is 0 Å². The molecule has 1 saturated carbocycles. The van der Waals surface area contributed by atoms with E-state index in [-0.39, 0.29) is 0 Å². The van der Waals surface area contributed by atoms with E-state index in [4.69, 9.17) is 5.26 Å². The molecular formula is C16H12N4. The van der Waals surface area contributed by atoms with E-state index in [1.54, 1.807) is 12.1 Å². The molecule has 3 aromatic rings. The lowest BCUT2D eigenvalue weighted by molar-refractivity contribution is 0.870. The number of aromatic nitrogens is 3. The Kier molecular flexibility index (Phi) is 2.33. The largest absolute Gasteiger partial charge is 0.286 e. The highest BCUT2D eigenvalue weighted by Gasteiger charge is 2.42. The summed E-state index contributed by atoms with van der Waals surface area (Å²) in [6, 6.07) is 16.2. The number of fused-ring (bicyclic) bond motifs is 1. The van der Waals surface area contributed by atoms with Crippen molar-refractivity contribution in [1.29, 1.82) is 5.26 Å². The molecule has 4 heteroatoms. The number of hydrogen-bond acceptors (Lipinski definition) is 3. The number of pyridine rings is 1. The van der Waals surface area contributed by atoms with E-state index in [0.29, 0.717) is 17.4 Å². The van der Waals surface area contributed by atoms with Crippen molar-refractivity contribution in [2.45, 2.75) is 18.3 Å². The lowest BCUT2D eigenvalue weighted by atomic mass is 10.1. The second kappa shape index (κ2) is 4.17. The highest BCUT2D eigenvalue weighted by atomic mass is 15.2. The number of benzene rings is 1. The average Bonchev–Trinajstić information content (AvgIpc) is 3.20. The molecule has 1 aliphatic carbocycles. The summed E-state index contributed by atoms with van der Waals surface area (Å²) >= 11 is 0. The Balaban J connectivity index is 1.70. The van der Waals surface area contributed by atoms with Crippen LogP contribution >= 0.6 is 0 Å². The van der Waals surface area contributed by atoms with E-state index in [2.05, 4.69) is 40.5 Å². The minimum atomic E-state index is 0.431. The topological polar surface area (TPSA) is 54.0 Å². The van der Waals surface area contributed by atoms with Crippen LogP contribution in [0.5, 0.6) is 0 Å². The first-order chi connectivity index (χ1) is 9.86. The molecule has 2 aromatic heterocycles. The lowest BCUT2D eigenvalue weighted by Crippen LogP contribution is -1.94. The molecule has 4 rings (SSSR count). The molecule has 0 N–H and O–H groups in total. The molecule has 0 spiro atoms. The van der Waals surface area contributed by atoms with Crippen LogP contribution in [0.1, 0.15) is 35.2 Å². The molecule has 2 unspecified atom stereocenters. The van der Waals surface area contributed by atoms with E-state index in [1.807, 2.05) is 16.7 Å². The smallest absolute Gasteiger partial charge is 0.162 e. The molecule has 0 aliphatic heterocycles. The van der Waals surface area contributed by atoms with Gasteiger partial charge < -0.3 is 0 Å². The Morgan fingerprint density at radius 1 is 1.10 bits per heavy atom. The van der Waals surface area contributed by atoms with Crippen molar-refractivity contribution in [1.82, 2.24) is 14.6 Å². The Morgan fingerprint density at radius 3 is 2.75 bits per heavy atom. The zero-order valence-corrected chi connectivity index (χ0v) is 10.8. The summed E-state index contributed by atoms with van der Waals surface area (Å²) in [5.74, 6) is 1.97. The van der Waals surface area contributed by atoms with Gasteiger partial charge in [0.1, 0.15) is 5.82 Å². The van der Waals surface area contributed by atoms with Gasteiger partial charge in [-0.05, 0) is 24.0 Å². The number of rotatable bonds is 2. The average molecular weight is 260 g/mol. The zero-order chi connectivity index (χ0) is 13.5. The predicted octanol–water partition coefficient (Wildman–Crippen LogP) is 2.87. The summed E-state index contributed by atoms with van der Waals surface area (Å²) < 4.78 is 1.99. The monoisotopic (exact) mass is 260 g/mol. The molecule has 4 nitrogen and oxygen atoms in total. The summed E-state index contributed by atoms with van der Waals surface area (Å²) in [6.45, 7) is 0. The second-order valence-corrected chi connectivity index (χ2v) is 5.17. The quantitative estimate of drug-likeness (QED) is 0.712. The van der Waals surface area contributed by atoms with Crippen molar-refractivity contribution >= 4 is 5.65 Å². The molecule has 0 saturated heterocycles. The summed E-state index contributed by atoms with van der Waals surface area (Å²) in [5.41, 5.74) is 2.73. The van der Waals surface area contributed by atoms with E-state index in [0.717, 1.165) is 17.9 Å². The highest BCUT2D eigenvalue weighted by Crippen LogP contribution is 2.53. The van der Waals surface area contributed by atoms with Crippen LogP contribution in [-0.2, 0) is 0 Å². The van der Waals surface area contributed by atoms with Crippen LogP contribution in [0.2, 0.25) is 0 Å². The van der Waals surface area contributed by atoms with Gasteiger partial charge in [0.25, 0.3) is 0 Å². The lowest BCUT2D eigenvalue weighted by Gasteiger charge is -2.00. The third-order valence-electron chi connectivity index (χ3n) is 3.92. The van der Waals surface area contributed by atoms with Gasteiger partial charge >= 0.3 is 0 Å². The van der Waals surface area contributed by atoms with Gasteiger partial charge in [0.05, 0.1) is 11.6 Å². The van der Waals surface area contributed by atoms with Crippen molar-refractivity contribution in [3.05, 3.63) is 65.6 Å². The van der Waals surface area contributed by atoms with Gasteiger partial charge in [-0.15, -0.1) is 10.2 Å². The normalized spacial score (nSPS) is 20.8. The van der Waals surface area contributed by atoms with E-state index in [9.17, 15) is 0 Å². The van der Waals surface area contributed by atoms with Gasteiger partial charge in [0, 0.05) is 18.2 Å². The van der Waals surface area contributed by atoms with Crippen molar-refractivity contribution in [2.75, 3.05) is 0 Å². The Hall–Kier alpha value is -2.67. The highest BCUT2D eigenvalue weighted by molar-refractivity contribution is 5.46. The molecule has 1 aliphatic rings. The van der Waals surface area contributed by atoms with Crippen molar-refractivity contribution in [3.63, 3.8) is 0 Å². The molecule has 2 atom stereocenters. The van der Waals surface area contributed by atoms with Crippen molar-refractivity contribution in [3.8, 4) is 6.07 Å². The van der Waals surface area contributed by atoms with Gasteiger partial charge in [-0.25, -0.2) is 0 Å². The van der Waals surface area contributed by atoms with E-state index >= 15 is 0 Å². The predicted molar refractivity (Wildman–Crippen MR) is 74.2 cm³/mol. The number of hydrogen-bond donors (Lipinski definition) is 0.